The van der Waals surface area contributed by atoms with Gasteiger partial charge in [-0.1, -0.05) is 0 Å². The van der Waals surface area contributed by atoms with Crippen LogP contribution in [-0.4, -0.2) is 60.6 Å². The highest BCUT2D eigenvalue weighted by Gasteiger charge is 2.21. The summed E-state index contributed by atoms with van der Waals surface area (Å²) in [4.78, 5) is 35.9. The van der Waals surface area contributed by atoms with E-state index in [0.717, 1.165) is 25.9 Å². The molecule has 0 bridgehead atoms. The Bertz CT molecular complexity index is 353. The van der Waals surface area contributed by atoms with Crippen LogP contribution < -0.4 is 5.32 Å². The van der Waals surface area contributed by atoms with Gasteiger partial charge in [0.15, 0.2) is 0 Å². The molecule has 1 aliphatic rings. The van der Waals surface area contributed by atoms with Crippen LogP contribution in [0.25, 0.3) is 0 Å². The second kappa shape index (κ2) is 8.52. The predicted octanol–water partition coefficient (Wildman–Crippen LogP) is -0.00510. The lowest BCUT2D eigenvalue weighted by Gasteiger charge is -2.16. The number of carbonyl (C=O) groups excluding carboxylic acids is 2. The predicted molar refractivity (Wildman–Crippen MR) is 71.1 cm³/mol. The first-order valence-corrected chi connectivity index (χ1v) is 6.84. The maximum absolute atomic E-state index is 11.7. The Labute approximate surface area is 118 Å². The number of hydrogen-bond acceptors (Lipinski definition) is 5. The van der Waals surface area contributed by atoms with E-state index in [1.165, 1.54) is 7.11 Å². The van der Waals surface area contributed by atoms with Crippen LogP contribution in [0, 0.1) is 0 Å². The van der Waals surface area contributed by atoms with Gasteiger partial charge in [-0.2, -0.15) is 0 Å². The molecule has 0 aromatic heterocycles. The van der Waals surface area contributed by atoms with Crippen molar-refractivity contribution in [1.82, 2.24) is 10.2 Å². The summed E-state index contributed by atoms with van der Waals surface area (Å²) in [6.07, 6.45) is 2.59. The Balaban J connectivity index is 2.30. The van der Waals surface area contributed by atoms with Crippen LogP contribution in [0.5, 0.6) is 0 Å². The normalized spacial score (nSPS) is 16.6. The molecule has 7 nitrogen and oxygen atoms in total. The van der Waals surface area contributed by atoms with Gasteiger partial charge in [0.1, 0.15) is 6.04 Å². The molecule has 7 heteroatoms. The molecular weight excluding hydrogens is 264 g/mol. The van der Waals surface area contributed by atoms with E-state index in [-0.39, 0.29) is 25.2 Å². The van der Waals surface area contributed by atoms with Crippen molar-refractivity contribution in [3.05, 3.63) is 0 Å². The maximum Gasteiger partial charge on any atom is 0.326 e. The van der Waals surface area contributed by atoms with Crippen molar-refractivity contribution in [1.29, 1.82) is 0 Å². The van der Waals surface area contributed by atoms with Gasteiger partial charge in [0.05, 0.1) is 7.11 Å². The van der Waals surface area contributed by atoms with E-state index in [9.17, 15) is 14.4 Å². The van der Waals surface area contributed by atoms with Gasteiger partial charge in [-0.25, -0.2) is 4.79 Å². The smallest absolute Gasteiger partial charge is 0.326 e. The fraction of sp³-hybridized carbons (Fsp3) is 0.769. The third-order valence-electron chi connectivity index (χ3n) is 3.35. The van der Waals surface area contributed by atoms with E-state index >= 15 is 0 Å². The lowest BCUT2D eigenvalue weighted by molar-refractivity contribution is -0.144. The number of rotatable bonds is 8. The number of likely N-dealkylation sites (tertiary alicyclic amines) is 1. The molecular formula is C13H22N2O5. The zero-order valence-electron chi connectivity index (χ0n) is 11.8. The van der Waals surface area contributed by atoms with Gasteiger partial charge in [0.2, 0.25) is 5.91 Å². The molecule has 0 radical (unpaired) electrons. The average Bonchev–Trinajstić information content (AvgIpc) is 2.93. The maximum atomic E-state index is 11.7. The molecule has 1 heterocycles. The van der Waals surface area contributed by atoms with Crippen LogP contribution in [0.15, 0.2) is 0 Å². The Morgan fingerprint density at radius 1 is 1.25 bits per heavy atom. The fourth-order valence-corrected chi connectivity index (χ4v) is 2.15. The minimum atomic E-state index is -1.14. The summed E-state index contributed by atoms with van der Waals surface area (Å²) in [6.45, 7) is 2.64. The Morgan fingerprint density at radius 3 is 2.45 bits per heavy atom. The van der Waals surface area contributed by atoms with Gasteiger partial charge in [-0.05, 0) is 32.4 Å². The highest BCUT2D eigenvalue weighted by molar-refractivity contribution is 5.84. The summed E-state index contributed by atoms with van der Waals surface area (Å²) in [5.74, 6) is -1.92. The molecule has 0 spiro atoms. The van der Waals surface area contributed by atoms with E-state index in [4.69, 9.17) is 5.11 Å². The van der Waals surface area contributed by atoms with Crippen molar-refractivity contribution < 1.29 is 24.2 Å². The van der Waals surface area contributed by atoms with Crippen LogP contribution in [0.1, 0.15) is 32.1 Å². The van der Waals surface area contributed by atoms with Gasteiger partial charge in [0.25, 0.3) is 0 Å². The molecule has 1 rings (SSSR count). The van der Waals surface area contributed by atoms with Crippen LogP contribution in [0.4, 0.5) is 0 Å². The summed E-state index contributed by atoms with van der Waals surface area (Å²) >= 11 is 0. The SMILES string of the molecule is COC(=O)CCC(NC(=O)CCN1CCCC1)C(=O)O. The van der Waals surface area contributed by atoms with Crippen molar-refractivity contribution in [3.63, 3.8) is 0 Å². The Kier molecular flexibility index (Phi) is 7.00. The van der Waals surface area contributed by atoms with Gasteiger partial charge >= 0.3 is 11.9 Å². The van der Waals surface area contributed by atoms with E-state index in [1.807, 2.05) is 0 Å². The number of methoxy groups -OCH3 is 1. The lowest BCUT2D eigenvalue weighted by Crippen LogP contribution is -2.42. The average molecular weight is 286 g/mol. The number of esters is 1. The number of aliphatic carboxylic acids is 1. The molecule has 1 saturated heterocycles. The molecule has 1 aliphatic heterocycles. The fourth-order valence-electron chi connectivity index (χ4n) is 2.15. The highest BCUT2D eigenvalue weighted by Crippen LogP contribution is 2.07. The molecule has 1 amide bonds. The summed E-state index contributed by atoms with van der Waals surface area (Å²) in [5, 5.41) is 11.5. The van der Waals surface area contributed by atoms with Crippen molar-refractivity contribution in [2.45, 2.75) is 38.1 Å². The number of hydrogen-bond donors (Lipinski definition) is 2. The number of ether oxygens (including phenoxy) is 1. The molecule has 0 aromatic carbocycles. The molecule has 20 heavy (non-hydrogen) atoms. The number of amides is 1. The van der Waals surface area contributed by atoms with E-state index in [1.54, 1.807) is 0 Å². The zero-order chi connectivity index (χ0) is 15.0. The first-order valence-electron chi connectivity index (χ1n) is 6.84. The topological polar surface area (TPSA) is 95.9 Å². The lowest BCUT2D eigenvalue weighted by atomic mass is 10.1. The van der Waals surface area contributed by atoms with Crippen LogP contribution >= 0.6 is 0 Å². The minimum Gasteiger partial charge on any atom is -0.480 e. The van der Waals surface area contributed by atoms with Crippen molar-refractivity contribution in [2.24, 2.45) is 0 Å². The van der Waals surface area contributed by atoms with Crippen molar-refractivity contribution in [2.75, 3.05) is 26.7 Å². The summed E-state index contributed by atoms with van der Waals surface area (Å²) < 4.78 is 4.45. The van der Waals surface area contributed by atoms with Gasteiger partial charge in [0, 0.05) is 19.4 Å². The first kappa shape index (κ1) is 16.4. The summed E-state index contributed by atoms with van der Waals surface area (Å²) in [5.41, 5.74) is 0. The van der Waals surface area contributed by atoms with Crippen molar-refractivity contribution >= 4 is 17.8 Å². The molecule has 1 fully saturated rings. The molecule has 114 valence electrons. The Morgan fingerprint density at radius 2 is 1.90 bits per heavy atom. The minimum absolute atomic E-state index is 0.0279. The number of carbonyl (C=O) groups is 3. The molecule has 0 aliphatic carbocycles. The van der Waals surface area contributed by atoms with E-state index in [2.05, 4.69) is 15.0 Å². The first-order chi connectivity index (χ1) is 9.52. The summed E-state index contributed by atoms with van der Waals surface area (Å²) in [7, 11) is 1.24. The zero-order valence-corrected chi connectivity index (χ0v) is 11.8. The second-order valence-electron chi connectivity index (χ2n) is 4.87. The number of nitrogens with zero attached hydrogens (tertiary/aromatic N) is 1. The third kappa shape index (κ3) is 6.01. The number of nitrogens with one attached hydrogen (secondary N) is 1. The quantitative estimate of drug-likeness (QED) is 0.610. The van der Waals surface area contributed by atoms with Crippen LogP contribution in [0.2, 0.25) is 0 Å². The van der Waals surface area contributed by atoms with Gasteiger partial charge in [-0.3, -0.25) is 9.59 Å². The van der Waals surface area contributed by atoms with Gasteiger partial charge in [-0.15, -0.1) is 0 Å². The monoisotopic (exact) mass is 286 g/mol. The standard InChI is InChI=1S/C13H22N2O5/c1-20-12(17)5-4-10(13(18)19)14-11(16)6-9-15-7-2-3-8-15/h10H,2-9H2,1H3,(H,14,16)(H,18,19). The summed E-state index contributed by atoms with van der Waals surface area (Å²) in [6, 6.07) is -1.04. The van der Waals surface area contributed by atoms with Crippen LogP contribution in [0.3, 0.4) is 0 Å². The Hall–Kier alpha value is -1.63. The highest BCUT2D eigenvalue weighted by atomic mass is 16.5. The van der Waals surface area contributed by atoms with Crippen LogP contribution in [-0.2, 0) is 19.1 Å². The van der Waals surface area contributed by atoms with Gasteiger partial charge < -0.3 is 20.1 Å². The second-order valence-corrected chi connectivity index (χ2v) is 4.87. The van der Waals surface area contributed by atoms with Crippen molar-refractivity contribution in [3.8, 4) is 0 Å². The molecule has 2 N–H and O–H groups in total. The third-order valence-corrected chi connectivity index (χ3v) is 3.35. The number of carboxylic acids is 1. The molecule has 1 atom stereocenters. The van der Waals surface area contributed by atoms with E-state index < -0.39 is 18.0 Å². The molecule has 1 unspecified atom stereocenters. The molecule has 0 saturated carbocycles. The van der Waals surface area contributed by atoms with E-state index in [0.29, 0.717) is 6.54 Å². The number of carboxylic acid groups (broad SMARTS) is 1. The molecule has 0 aromatic rings. The largest absolute Gasteiger partial charge is 0.480 e.